The van der Waals surface area contributed by atoms with E-state index in [9.17, 15) is 4.79 Å². The number of nitrogens with one attached hydrogen (secondary N) is 2. The summed E-state index contributed by atoms with van der Waals surface area (Å²) in [7, 11) is 0. The molecular formula is C15H30N2O. The fourth-order valence-electron chi connectivity index (χ4n) is 3.30. The van der Waals surface area contributed by atoms with Gasteiger partial charge in [0.2, 0.25) is 5.91 Å². The van der Waals surface area contributed by atoms with Gasteiger partial charge in [0.25, 0.3) is 0 Å². The monoisotopic (exact) mass is 254 g/mol. The highest BCUT2D eigenvalue weighted by molar-refractivity contribution is 5.81. The summed E-state index contributed by atoms with van der Waals surface area (Å²) in [6, 6.07) is 0.397. The topological polar surface area (TPSA) is 41.1 Å². The van der Waals surface area contributed by atoms with Gasteiger partial charge in [-0.15, -0.1) is 0 Å². The lowest BCUT2D eigenvalue weighted by Gasteiger charge is -2.40. The van der Waals surface area contributed by atoms with Gasteiger partial charge in [0.1, 0.15) is 0 Å². The van der Waals surface area contributed by atoms with Gasteiger partial charge in [0, 0.05) is 12.6 Å². The normalized spacial score (nSPS) is 28.7. The molecule has 3 atom stereocenters. The predicted molar refractivity (Wildman–Crippen MR) is 76.5 cm³/mol. The molecule has 0 heterocycles. The van der Waals surface area contributed by atoms with Crippen molar-refractivity contribution in [2.24, 2.45) is 11.3 Å². The van der Waals surface area contributed by atoms with Crippen LogP contribution in [0.3, 0.4) is 0 Å². The van der Waals surface area contributed by atoms with Gasteiger partial charge in [0.15, 0.2) is 0 Å². The number of carbonyl (C=O) groups is 1. The lowest BCUT2D eigenvalue weighted by Crippen LogP contribution is -2.50. The first-order valence-electron chi connectivity index (χ1n) is 7.38. The Hall–Kier alpha value is -0.570. The number of carbonyl (C=O) groups excluding carboxylic acids is 1. The summed E-state index contributed by atoms with van der Waals surface area (Å²) in [5, 5.41) is 6.45. The largest absolute Gasteiger partial charge is 0.355 e. The van der Waals surface area contributed by atoms with Gasteiger partial charge in [-0.25, -0.2) is 0 Å². The van der Waals surface area contributed by atoms with Gasteiger partial charge in [0.05, 0.1) is 6.04 Å². The van der Waals surface area contributed by atoms with Crippen molar-refractivity contribution in [3.05, 3.63) is 0 Å². The zero-order valence-electron chi connectivity index (χ0n) is 12.7. The molecule has 0 bridgehead atoms. The zero-order chi connectivity index (χ0) is 13.8. The van der Waals surface area contributed by atoms with E-state index in [0.29, 0.717) is 11.5 Å². The minimum absolute atomic E-state index is 0.0809. The van der Waals surface area contributed by atoms with Crippen LogP contribution in [0.15, 0.2) is 0 Å². The van der Waals surface area contributed by atoms with Crippen LogP contribution in [0, 0.1) is 11.3 Å². The fraction of sp³-hybridized carbons (Fsp3) is 0.933. The van der Waals surface area contributed by atoms with Gasteiger partial charge in [-0.2, -0.15) is 0 Å². The second-order valence-electron chi connectivity index (χ2n) is 6.79. The molecule has 1 aliphatic carbocycles. The van der Waals surface area contributed by atoms with Crippen LogP contribution in [0.4, 0.5) is 0 Å². The van der Waals surface area contributed by atoms with Gasteiger partial charge >= 0.3 is 0 Å². The first-order chi connectivity index (χ1) is 8.34. The van der Waals surface area contributed by atoms with Gasteiger partial charge in [-0.3, -0.25) is 4.79 Å². The van der Waals surface area contributed by atoms with Crippen LogP contribution in [0.25, 0.3) is 0 Å². The Morgan fingerprint density at radius 2 is 2.06 bits per heavy atom. The molecule has 0 radical (unpaired) electrons. The SMILES string of the molecule is CCCNC(=O)C(C)NC1CC(C)CC(C)(C)C1. The van der Waals surface area contributed by atoms with E-state index in [4.69, 9.17) is 0 Å². The summed E-state index contributed by atoms with van der Waals surface area (Å²) in [6.45, 7) is 11.8. The van der Waals surface area contributed by atoms with E-state index in [1.165, 1.54) is 19.3 Å². The molecule has 3 nitrogen and oxygen atoms in total. The van der Waals surface area contributed by atoms with Crippen LogP contribution in [0.1, 0.15) is 60.3 Å². The Morgan fingerprint density at radius 3 is 2.61 bits per heavy atom. The van der Waals surface area contributed by atoms with E-state index in [1.54, 1.807) is 0 Å². The van der Waals surface area contributed by atoms with Crippen molar-refractivity contribution in [2.45, 2.75) is 72.4 Å². The molecule has 0 aromatic heterocycles. The maximum atomic E-state index is 11.8. The molecule has 0 aromatic carbocycles. The average molecular weight is 254 g/mol. The van der Waals surface area contributed by atoms with E-state index in [0.717, 1.165) is 18.9 Å². The van der Waals surface area contributed by atoms with E-state index in [1.807, 2.05) is 6.92 Å². The van der Waals surface area contributed by atoms with Gasteiger partial charge in [-0.1, -0.05) is 27.7 Å². The summed E-state index contributed by atoms with van der Waals surface area (Å²) in [5.74, 6) is 0.880. The van der Waals surface area contributed by atoms with Crippen LogP contribution in [0.2, 0.25) is 0 Å². The molecule has 0 saturated heterocycles. The molecule has 1 fully saturated rings. The van der Waals surface area contributed by atoms with Crippen LogP contribution >= 0.6 is 0 Å². The van der Waals surface area contributed by atoms with Crippen molar-refractivity contribution in [3.63, 3.8) is 0 Å². The molecule has 3 unspecified atom stereocenters. The average Bonchev–Trinajstić information content (AvgIpc) is 2.22. The van der Waals surface area contributed by atoms with Crippen LogP contribution < -0.4 is 10.6 Å². The molecule has 0 aliphatic heterocycles. The van der Waals surface area contributed by atoms with Crippen molar-refractivity contribution in [3.8, 4) is 0 Å². The molecule has 1 saturated carbocycles. The highest BCUT2D eigenvalue weighted by Gasteiger charge is 2.33. The summed E-state index contributed by atoms with van der Waals surface area (Å²) in [6.07, 6.45) is 4.64. The molecule has 106 valence electrons. The third-order valence-corrected chi connectivity index (χ3v) is 3.82. The Morgan fingerprint density at radius 1 is 1.39 bits per heavy atom. The first-order valence-corrected chi connectivity index (χ1v) is 7.38. The maximum absolute atomic E-state index is 11.8. The smallest absolute Gasteiger partial charge is 0.236 e. The van der Waals surface area contributed by atoms with Crippen molar-refractivity contribution in [1.29, 1.82) is 0 Å². The lowest BCUT2D eigenvalue weighted by atomic mass is 9.70. The predicted octanol–water partition coefficient (Wildman–Crippen LogP) is 2.71. The molecule has 0 spiro atoms. The minimum Gasteiger partial charge on any atom is -0.355 e. The van der Waals surface area contributed by atoms with Crippen molar-refractivity contribution < 1.29 is 4.79 Å². The highest BCUT2D eigenvalue weighted by Crippen LogP contribution is 2.38. The molecule has 0 aromatic rings. The second-order valence-corrected chi connectivity index (χ2v) is 6.79. The molecule has 3 heteroatoms. The first kappa shape index (κ1) is 15.5. The van der Waals surface area contributed by atoms with Crippen molar-refractivity contribution >= 4 is 5.91 Å². The van der Waals surface area contributed by atoms with Crippen LogP contribution in [-0.2, 0) is 4.79 Å². The van der Waals surface area contributed by atoms with Crippen molar-refractivity contribution in [1.82, 2.24) is 10.6 Å². The van der Waals surface area contributed by atoms with Gasteiger partial charge in [-0.05, 0) is 43.9 Å². The van der Waals surface area contributed by atoms with E-state index >= 15 is 0 Å². The Labute approximate surface area is 112 Å². The zero-order valence-corrected chi connectivity index (χ0v) is 12.7. The lowest BCUT2D eigenvalue weighted by molar-refractivity contribution is -0.123. The number of hydrogen-bond donors (Lipinski definition) is 2. The number of hydrogen-bond acceptors (Lipinski definition) is 2. The van der Waals surface area contributed by atoms with Crippen molar-refractivity contribution in [2.75, 3.05) is 6.54 Å². The molecule has 1 amide bonds. The summed E-state index contributed by atoms with van der Waals surface area (Å²) >= 11 is 0. The fourth-order valence-corrected chi connectivity index (χ4v) is 3.30. The van der Waals surface area contributed by atoms with Gasteiger partial charge < -0.3 is 10.6 Å². The van der Waals surface area contributed by atoms with E-state index < -0.39 is 0 Å². The standard InChI is InChI=1S/C15H30N2O/c1-6-7-16-14(18)12(3)17-13-8-11(2)9-15(4,5)10-13/h11-13,17H,6-10H2,1-5H3,(H,16,18). The molecule has 18 heavy (non-hydrogen) atoms. The van der Waals surface area contributed by atoms with E-state index in [2.05, 4.69) is 38.3 Å². The molecule has 2 N–H and O–H groups in total. The number of amides is 1. The van der Waals surface area contributed by atoms with E-state index in [-0.39, 0.29) is 11.9 Å². The third-order valence-electron chi connectivity index (χ3n) is 3.82. The third kappa shape index (κ3) is 4.97. The molecule has 1 aliphatic rings. The Balaban J connectivity index is 2.43. The quantitative estimate of drug-likeness (QED) is 0.792. The Kier molecular flexibility index (Phi) is 5.64. The highest BCUT2D eigenvalue weighted by atomic mass is 16.2. The molecule has 1 rings (SSSR count). The van der Waals surface area contributed by atoms with Crippen LogP contribution in [-0.4, -0.2) is 24.5 Å². The summed E-state index contributed by atoms with van der Waals surface area (Å²) in [4.78, 5) is 11.8. The second kappa shape index (κ2) is 6.55. The molecular weight excluding hydrogens is 224 g/mol. The summed E-state index contributed by atoms with van der Waals surface area (Å²) < 4.78 is 0. The Bertz CT molecular complexity index is 276. The minimum atomic E-state index is -0.0809. The van der Waals surface area contributed by atoms with Crippen LogP contribution in [0.5, 0.6) is 0 Å². The summed E-state index contributed by atoms with van der Waals surface area (Å²) in [5.41, 5.74) is 0.398. The number of rotatable bonds is 5. The maximum Gasteiger partial charge on any atom is 0.236 e.